The van der Waals surface area contributed by atoms with Gasteiger partial charge in [0.25, 0.3) is 5.91 Å². The number of aromatic hydroxyl groups is 1. The van der Waals surface area contributed by atoms with E-state index in [1.807, 2.05) is 26.8 Å². The van der Waals surface area contributed by atoms with Crippen LogP contribution in [0.25, 0.3) is 0 Å². The van der Waals surface area contributed by atoms with Gasteiger partial charge in [-0.1, -0.05) is 26.8 Å². The Morgan fingerprint density at radius 2 is 1.91 bits per heavy atom. The van der Waals surface area contributed by atoms with Crippen molar-refractivity contribution in [3.63, 3.8) is 0 Å². The summed E-state index contributed by atoms with van der Waals surface area (Å²) in [5.74, 6) is -0.151. The van der Waals surface area contributed by atoms with Gasteiger partial charge in [-0.25, -0.2) is 0 Å². The molecule has 2 aromatic rings. The Morgan fingerprint density at radius 1 is 1.22 bits per heavy atom. The number of furan rings is 1. The third kappa shape index (κ3) is 4.93. The summed E-state index contributed by atoms with van der Waals surface area (Å²) in [7, 11) is -0.978. The monoisotopic (exact) mass is 461 g/mol. The Bertz CT molecular complexity index is 1180. The lowest BCUT2D eigenvalue weighted by atomic mass is 10.0. The number of hydrogen-bond donors (Lipinski definition) is 3. The molecule has 1 aromatic carbocycles. The normalized spacial score (nSPS) is 15.8. The number of phenols is 1. The van der Waals surface area contributed by atoms with Gasteiger partial charge in [-0.3, -0.25) is 4.79 Å². The van der Waals surface area contributed by atoms with Gasteiger partial charge >= 0.3 is 10.2 Å². The Hall–Kier alpha value is -3.34. The minimum atomic E-state index is -4.11. The maximum Gasteiger partial charge on any atom is 0.367 e. The highest BCUT2D eigenvalue weighted by atomic mass is 32.2. The molecular formula is C21H27N5O5S. The quantitative estimate of drug-likeness (QED) is 0.563. The van der Waals surface area contributed by atoms with E-state index in [9.17, 15) is 18.3 Å². The standard InChI is InChI=1S/C21H27N5O5S/c1-6-13-10-16(31-11-13)17(12(2)3)23-20-19(24-32(29,30)25-20)22-15-9-7-8-14(18(15)27)21(28)26(4)5/h7-12,17,27H,6H2,1-5H3,(H,22,24)(H,23,25)/t17-/m1/s1. The van der Waals surface area contributed by atoms with Gasteiger partial charge in [0, 0.05) is 14.1 Å². The molecule has 0 unspecified atom stereocenters. The summed E-state index contributed by atoms with van der Waals surface area (Å²) in [5, 5.41) is 16.5. The van der Waals surface area contributed by atoms with Crippen molar-refractivity contribution in [1.82, 2.24) is 10.2 Å². The Kier molecular flexibility index (Phi) is 6.58. The van der Waals surface area contributed by atoms with Crippen LogP contribution in [0.1, 0.15) is 48.5 Å². The first kappa shape index (κ1) is 23.3. The van der Waals surface area contributed by atoms with Gasteiger partial charge in [-0.05, 0) is 36.1 Å². The largest absolute Gasteiger partial charge is 0.505 e. The molecule has 1 aliphatic rings. The highest BCUT2D eigenvalue weighted by Gasteiger charge is 2.30. The summed E-state index contributed by atoms with van der Waals surface area (Å²) in [6.07, 6.45) is 2.47. The lowest BCUT2D eigenvalue weighted by molar-refractivity contribution is 0.0824. The second kappa shape index (κ2) is 9.03. The third-order valence-corrected chi connectivity index (χ3v) is 5.74. The first-order chi connectivity index (χ1) is 15.0. The van der Waals surface area contributed by atoms with Crippen molar-refractivity contribution in [2.75, 3.05) is 19.4 Å². The van der Waals surface area contributed by atoms with E-state index in [0.717, 1.165) is 12.0 Å². The van der Waals surface area contributed by atoms with Crippen molar-refractivity contribution >= 4 is 33.5 Å². The van der Waals surface area contributed by atoms with Gasteiger partial charge in [0.15, 0.2) is 17.4 Å². The van der Waals surface area contributed by atoms with E-state index >= 15 is 0 Å². The molecule has 0 bridgehead atoms. The molecule has 1 amide bonds. The molecule has 0 saturated carbocycles. The number of para-hydroxylation sites is 1. The van der Waals surface area contributed by atoms with Crippen LogP contribution in [0.4, 0.5) is 5.69 Å². The number of nitrogens with one attached hydrogen (secondary N) is 2. The van der Waals surface area contributed by atoms with Crippen molar-refractivity contribution in [2.45, 2.75) is 33.2 Å². The first-order valence-electron chi connectivity index (χ1n) is 10.1. The van der Waals surface area contributed by atoms with Crippen molar-refractivity contribution < 1.29 is 22.7 Å². The molecule has 1 aliphatic heterocycles. The van der Waals surface area contributed by atoms with E-state index in [1.54, 1.807) is 26.4 Å². The smallest absolute Gasteiger partial charge is 0.367 e. The van der Waals surface area contributed by atoms with Gasteiger partial charge in [0.05, 0.1) is 23.6 Å². The molecule has 2 heterocycles. The van der Waals surface area contributed by atoms with Gasteiger partial charge in [-0.2, -0.15) is 8.42 Å². The highest BCUT2D eigenvalue weighted by Crippen LogP contribution is 2.30. The molecular weight excluding hydrogens is 434 g/mol. The van der Waals surface area contributed by atoms with Gasteiger partial charge in [0.2, 0.25) is 0 Å². The maximum atomic E-state index is 12.3. The molecule has 172 valence electrons. The summed E-state index contributed by atoms with van der Waals surface area (Å²) < 4.78 is 37.3. The molecule has 0 radical (unpaired) electrons. The number of nitrogens with zero attached hydrogens (tertiary/aromatic N) is 3. The van der Waals surface area contributed by atoms with Crippen LogP contribution in [0.5, 0.6) is 5.75 Å². The minimum Gasteiger partial charge on any atom is -0.505 e. The zero-order valence-corrected chi connectivity index (χ0v) is 19.4. The average molecular weight is 462 g/mol. The molecule has 0 spiro atoms. The first-order valence-corrected chi connectivity index (χ1v) is 11.5. The van der Waals surface area contributed by atoms with Crippen LogP contribution in [0.3, 0.4) is 0 Å². The fourth-order valence-corrected chi connectivity index (χ4v) is 3.93. The molecule has 0 aliphatic carbocycles. The third-order valence-electron chi connectivity index (χ3n) is 4.91. The van der Waals surface area contributed by atoms with E-state index in [1.165, 1.54) is 17.0 Å². The summed E-state index contributed by atoms with van der Waals surface area (Å²) in [4.78, 5) is 13.6. The molecule has 32 heavy (non-hydrogen) atoms. The molecule has 11 heteroatoms. The van der Waals surface area contributed by atoms with E-state index in [-0.39, 0.29) is 40.6 Å². The second-order valence-electron chi connectivity index (χ2n) is 7.93. The predicted molar refractivity (Wildman–Crippen MR) is 122 cm³/mol. The van der Waals surface area contributed by atoms with Gasteiger partial charge in [0.1, 0.15) is 5.76 Å². The van der Waals surface area contributed by atoms with Crippen LogP contribution in [-0.2, 0) is 16.6 Å². The lowest BCUT2D eigenvalue weighted by Crippen LogP contribution is -2.38. The zero-order chi connectivity index (χ0) is 23.6. The summed E-state index contributed by atoms with van der Waals surface area (Å²) >= 11 is 0. The van der Waals surface area contributed by atoms with Crippen LogP contribution in [0.15, 0.2) is 43.7 Å². The zero-order valence-electron chi connectivity index (χ0n) is 18.6. The summed E-state index contributed by atoms with van der Waals surface area (Å²) in [5.41, 5.74) is 1.21. The van der Waals surface area contributed by atoms with E-state index in [0.29, 0.717) is 5.76 Å². The Labute approximate surface area is 187 Å². The van der Waals surface area contributed by atoms with Crippen molar-refractivity contribution in [3.8, 4) is 5.75 Å². The van der Waals surface area contributed by atoms with Crippen molar-refractivity contribution in [2.24, 2.45) is 14.7 Å². The highest BCUT2D eigenvalue weighted by molar-refractivity contribution is 7.89. The van der Waals surface area contributed by atoms with E-state index in [2.05, 4.69) is 19.4 Å². The number of hydrogen-bond acceptors (Lipinski definition) is 7. The predicted octanol–water partition coefficient (Wildman–Crippen LogP) is 2.70. The van der Waals surface area contributed by atoms with Crippen LogP contribution in [-0.4, -0.2) is 50.1 Å². The van der Waals surface area contributed by atoms with Crippen LogP contribution < -0.4 is 10.6 Å². The van der Waals surface area contributed by atoms with E-state index < -0.39 is 16.1 Å². The summed E-state index contributed by atoms with van der Waals surface area (Å²) in [6, 6.07) is 6.09. The van der Waals surface area contributed by atoms with Crippen molar-refractivity contribution in [1.29, 1.82) is 0 Å². The number of carbonyl (C=O) groups excluding carboxylic acids is 1. The number of carbonyl (C=O) groups is 1. The SMILES string of the molecule is CCc1coc([C@H](NC2=NS(=O)(=O)N=C2Nc2cccc(C(=O)N(C)C)c2O)C(C)C)c1. The van der Waals surface area contributed by atoms with Crippen molar-refractivity contribution in [3.05, 3.63) is 47.4 Å². The van der Waals surface area contributed by atoms with Crippen LogP contribution in [0, 0.1) is 5.92 Å². The lowest BCUT2D eigenvalue weighted by Gasteiger charge is -2.22. The number of amides is 1. The Balaban J connectivity index is 1.91. The number of aryl methyl sites for hydroxylation is 1. The molecule has 1 atom stereocenters. The fourth-order valence-electron chi connectivity index (χ4n) is 3.16. The van der Waals surface area contributed by atoms with Gasteiger partial charge in [-0.15, -0.1) is 8.80 Å². The number of phenolic OH excluding ortho intramolecular Hbond substituents is 1. The number of anilines is 1. The number of rotatable bonds is 6. The van der Waals surface area contributed by atoms with Crippen LogP contribution in [0.2, 0.25) is 0 Å². The van der Waals surface area contributed by atoms with E-state index in [4.69, 9.17) is 4.42 Å². The maximum absolute atomic E-state index is 12.3. The van der Waals surface area contributed by atoms with Gasteiger partial charge < -0.3 is 25.1 Å². The second-order valence-corrected chi connectivity index (χ2v) is 9.19. The number of amidine groups is 2. The average Bonchev–Trinajstić information content (AvgIpc) is 3.30. The number of benzene rings is 1. The molecule has 3 N–H and O–H groups in total. The topological polar surface area (TPSA) is 137 Å². The fraction of sp³-hybridized carbons (Fsp3) is 0.381. The molecule has 10 nitrogen and oxygen atoms in total. The molecule has 3 rings (SSSR count). The summed E-state index contributed by atoms with van der Waals surface area (Å²) in [6.45, 7) is 5.93. The Morgan fingerprint density at radius 3 is 2.50 bits per heavy atom. The molecule has 1 aromatic heterocycles. The molecule has 0 fully saturated rings. The van der Waals surface area contributed by atoms with Crippen LogP contribution >= 0.6 is 0 Å². The minimum absolute atomic E-state index is 0.0121. The molecule has 0 saturated heterocycles.